The molecule has 0 fully saturated rings. The fraction of sp³-hybridized carbons (Fsp3) is 1.00. The first-order chi connectivity index (χ1) is 8.46. The van der Waals surface area contributed by atoms with Crippen molar-refractivity contribution in [1.82, 2.24) is 4.90 Å². The van der Waals surface area contributed by atoms with Crippen LogP contribution < -0.4 is 5.73 Å². The van der Waals surface area contributed by atoms with Gasteiger partial charge in [0.05, 0.1) is 13.2 Å². The SMILES string of the molecule is CCC(C)N(CCCCC(C)(N)CO)CCOC. The Bertz CT molecular complexity index is 198. The molecule has 0 bridgehead atoms. The van der Waals surface area contributed by atoms with Crippen LogP contribution in [0.4, 0.5) is 0 Å². The van der Waals surface area contributed by atoms with Crippen LogP contribution in [-0.4, -0.2) is 55.0 Å². The van der Waals surface area contributed by atoms with E-state index in [0.29, 0.717) is 6.04 Å². The largest absolute Gasteiger partial charge is 0.394 e. The van der Waals surface area contributed by atoms with Crippen LogP contribution in [0.15, 0.2) is 0 Å². The van der Waals surface area contributed by atoms with Gasteiger partial charge in [-0.1, -0.05) is 13.3 Å². The predicted molar refractivity (Wildman–Crippen MR) is 76.7 cm³/mol. The normalized spacial score (nSPS) is 16.8. The van der Waals surface area contributed by atoms with Crippen molar-refractivity contribution < 1.29 is 9.84 Å². The van der Waals surface area contributed by atoms with E-state index < -0.39 is 5.54 Å². The summed E-state index contributed by atoms with van der Waals surface area (Å²) in [5.41, 5.74) is 5.49. The number of ether oxygens (including phenoxy) is 1. The summed E-state index contributed by atoms with van der Waals surface area (Å²) in [6.45, 7) is 9.31. The summed E-state index contributed by atoms with van der Waals surface area (Å²) >= 11 is 0. The third kappa shape index (κ3) is 8.03. The maximum Gasteiger partial charge on any atom is 0.0608 e. The zero-order valence-corrected chi connectivity index (χ0v) is 12.6. The van der Waals surface area contributed by atoms with Gasteiger partial charge < -0.3 is 15.6 Å². The van der Waals surface area contributed by atoms with Gasteiger partial charge in [0.1, 0.15) is 0 Å². The number of nitrogens with zero attached hydrogens (tertiary/aromatic N) is 1. The number of unbranched alkanes of at least 4 members (excludes halogenated alkanes) is 1. The van der Waals surface area contributed by atoms with Crippen molar-refractivity contribution in [3.8, 4) is 0 Å². The van der Waals surface area contributed by atoms with E-state index in [9.17, 15) is 0 Å². The maximum atomic E-state index is 9.09. The highest BCUT2D eigenvalue weighted by molar-refractivity contribution is 4.77. The number of rotatable bonds is 11. The number of aliphatic hydroxyl groups is 1. The topological polar surface area (TPSA) is 58.7 Å². The second-order valence-electron chi connectivity index (χ2n) is 5.56. The molecule has 0 aromatic carbocycles. The van der Waals surface area contributed by atoms with Crippen molar-refractivity contribution in [3.05, 3.63) is 0 Å². The van der Waals surface area contributed by atoms with Gasteiger partial charge in [0, 0.05) is 25.2 Å². The van der Waals surface area contributed by atoms with Crippen LogP contribution in [-0.2, 0) is 4.74 Å². The zero-order chi connectivity index (χ0) is 14.0. The molecule has 0 rings (SSSR count). The highest BCUT2D eigenvalue weighted by Gasteiger charge is 2.17. The molecule has 18 heavy (non-hydrogen) atoms. The molecule has 110 valence electrons. The smallest absolute Gasteiger partial charge is 0.0608 e. The minimum Gasteiger partial charge on any atom is -0.394 e. The highest BCUT2D eigenvalue weighted by atomic mass is 16.5. The van der Waals surface area contributed by atoms with Gasteiger partial charge in [-0.25, -0.2) is 0 Å². The Hall–Kier alpha value is -0.160. The van der Waals surface area contributed by atoms with Gasteiger partial charge in [0.15, 0.2) is 0 Å². The van der Waals surface area contributed by atoms with Crippen LogP contribution >= 0.6 is 0 Å². The van der Waals surface area contributed by atoms with Crippen molar-refractivity contribution >= 4 is 0 Å². The van der Waals surface area contributed by atoms with Gasteiger partial charge in [-0.05, 0) is 39.7 Å². The minimum absolute atomic E-state index is 0.0613. The molecule has 0 aromatic rings. The lowest BCUT2D eigenvalue weighted by Crippen LogP contribution is -2.40. The summed E-state index contributed by atoms with van der Waals surface area (Å²) in [6, 6.07) is 0.599. The second-order valence-corrected chi connectivity index (χ2v) is 5.56. The Morgan fingerprint density at radius 2 is 2.00 bits per heavy atom. The number of methoxy groups -OCH3 is 1. The average molecular weight is 260 g/mol. The molecule has 0 radical (unpaired) electrons. The van der Waals surface area contributed by atoms with Gasteiger partial charge in [0.25, 0.3) is 0 Å². The van der Waals surface area contributed by atoms with Crippen LogP contribution in [0.25, 0.3) is 0 Å². The second kappa shape index (κ2) is 9.73. The maximum absolute atomic E-state index is 9.09. The Morgan fingerprint density at radius 1 is 1.33 bits per heavy atom. The average Bonchev–Trinajstić information content (AvgIpc) is 2.37. The van der Waals surface area contributed by atoms with Crippen LogP contribution in [0, 0.1) is 0 Å². The molecule has 0 aliphatic carbocycles. The highest BCUT2D eigenvalue weighted by Crippen LogP contribution is 2.12. The molecule has 2 unspecified atom stereocenters. The molecule has 0 amide bonds. The fourth-order valence-electron chi connectivity index (χ4n) is 1.94. The molecule has 4 heteroatoms. The predicted octanol–water partition coefficient (Wildman–Crippen LogP) is 1.61. The van der Waals surface area contributed by atoms with Crippen LogP contribution in [0.5, 0.6) is 0 Å². The van der Waals surface area contributed by atoms with Crippen molar-refractivity contribution in [1.29, 1.82) is 0 Å². The lowest BCUT2D eigenvalue weighted by atomic mass is 9.97. The Balaban J connectivity index is 3.89. The molecule has 0 heterocycles. The standard InChI is InChI=1S/C14H32N2O2/c1-5-13(2)16(10-11-18-4)9-7-6-8-14(3,15)12-17/h13,17H,5-12,15H2,1-4H3. The summed E-state index contributed by atoms with van der Waals surface area (Å²) in [5.74, 6) is 0. The van der Waals surface area contributed by atoms with E-state index in [1.54, 1.807) is 7.11 Å². The quantitative estimate of drug-likeness (QED) is 0.554. The van der Waals surface area contributed by atoms with E-state index in [2.05, 4.69) is 18.7 Å². The Kier molecular flexibility index (Phi) is 9.64. The van der Waals surface area contributed by atoms with E-state index >= 15 is 0 Å². The number of nitrogens with two attached hydrogens (primary N) is 1. The third-order valence-corrected chi connectivity index (χ3v) is 3.60. The van der Waals surface area contributed by atoms with Gasteiger partial charge in [0.2, 0.25) is 0 Å². The van der Waals surface area contributed by atoms with E-state index in [1.807, 2.05) is 6.92 Å². The fourth-order valence-corrected chi connectivity index (χ4v) is 1.94. The van der Waals surface area contributed by atoms with Crippen LogP contribution in [0.1, 0.15) is 46.5 Å². The molecule has 0 spiro atoms. The molecule has 2 atom stereocenters. The molecule has 4 nitrogen and oxygen atoms in total. The van der Waals surface area contributed by atoms with E-state index in [4.69, 9.17) is 15.6 Å². The van der Waals surface area contributed by atoms with Crippen LogP contribution in [0.2, 0.25) is 0 Å². The number of hydrogen-bond donors (Lipinski definition) is 2. The molecule has 0 aliphatic heterocycles. The van der Waals surface area contributed by atoms with Gasteiger partial charge >= 0.3 is 0 Å². The zero-order valence-electron chi connectivity index (χ0n) is 12.6. The van der Waals surface area contributed by atoms with Gasteiger partial charge in [-0.15, -0.1) is 0 Å². The summed E-state index contributed by atoms with van der Waals surface area (Å²) in [4.78, 5) is 2.47. The van der Waals surface area contributed by atoms with Crippen molar-refractivity contribution in [2.24, 2.45) is 5.73 Å². The number of hydrogen-bond acceptors (Lipinski definition) is 4. The first-order valence-electron chi connectivity index (χ1n) is 7.09. The summed E-state index contributed by atoms with van der Waals surface area (Å²) in [5, 5.41) is 9.09. The lowest BCUT2D eigenvalue weighted by molar-refractivity contribution is 0.120. The van der Waals surface area contributed by atoms with Gasteiger partial charge in [-0.3, -0.25) is 4.90 Å². The Labute approximate surface area is 112 Å². The first-order valence-corrected chi connectivity index (χ1v) is 7.09. The Morgan fingerprint density at radius 3 is 2.50 bits per heavy atom. The molecular formula is C14H32N2O2. The first kappa shape index (κ1) is 17.8. The summed E-state index contributed by atoms with van der Waals surface area (Å²) in [6.07, 6.45) is 4.23. The van der Waals surface area contributed by atoms with E-state index in [-0.39, 0.29) is 6.61 Å². The number of aliphatic hydroxyl groups excluding tert-OH is 1. The van der Waals surface area contributed by atoms with E-state index in [0.717, 1.165) is 45.4 Å². The molecule has 0 saturated heterocycles. The molecule has 0 aromatic heterocycles. The molecule has 3 N–H and O–H groups in total. The van der Waals surface area contributed by atoms with Crippen molar-refractivity contribution in [2.45, 2.75) is 58.0 Å². The lowest BCUT2D eigenvalue weighted by Gasteiger charge is -2.28. The summed E-state index contributed by atoms with van der Waals surface area (Å²) < 4.78 is 5.15. The van der Waals surface area contributed by atoms with Gasteiger partial charge in [-0.2, -0.15) is 0 Å². The minimum atomic E-state index is -0.423. The molecule has 0 saturated carbocycles. The van der Waals surface area contributed by atoms with Crippen molar-refractivity contribution in [3.63, 3.8) is 0 Å². The van der Waals surface area contributed by atoms with E-state index in [1.165, 1.54) is 0 Å². The third-order valence-electron chi connectivity index (χ3n) is 3.60. The van der Waals surface area contributed by atoms with Crippen molar-refractivity contribution in [2.75, 3.05) is 33.4 Å². The monoisotopic (exact) mass is 260 g/mol. The van der Waals surface area contributed by atoms with Crippen LogP contribution in [0.3, 0.4) is 0 Å². The molecular weight excluding hydrogens is 228 g/mol. The molecule has 0 aliphatic rings. The summed E-state index contributed by atoms with van der Waals surface area (Å²) in [7, 11) is 1.75.